The lowest BCUT2D eigenvalue weighted by molar-refractivity contribution is -0.153. The van der Waals surface area contributed by atoms with Crippen LogP contribution in [0.5, 0.6) is 5.75 Å². The first kappa shape index (κ1) is 22.8. The predicted octanol–water partition coefficient (Wildman–Crippen LogP) is 3.06. The van der Waals surface area contributed by atoms with Gasteiger partial charge in [0.05, 0.1) is 5.56 Å². The van der Waals surface area contributed by atoms with Crippen molar-refractivity contribution in [3.8, 4) is 5.75 Å². The lowest BCUT2D eigenvalue weighted by Gasteiger charge is -2.35. The number of hydrogen-bond donors (Lipinski definition) is 2. The summed E-state index contributed by atoms with van der Waals surface area (Å²) in [6, 6.07) is 6.16. The van der Waals surface area contributed by atoms with Crippen LogP contribution in [-0.4, -0.2) is 54.2 Å². The third-order valence-electron chi connectivity index (χ3n) is 4.87. The molecule has 1 fully saturated rings. The van der Waals surface area contributed by atoms with Crippen LogP contribution in [0.25, 0.3) is 0 Å². The minimum absolute atomic E-state index is 0.0272. The number of aromatic nitrogens is 2. The topological polar surface area (TPSA) is 93.4 Å². The molecule has 0 unspecified atom stereocenters. The molecule has 3 rings (SSSR count). The summed E-state index contributed by atoms with van der Waals surface area (Å²) in [5.74, 6) is 0.0944. The Labute approximate surface area is 178 Å². The molecule has 0 aliphatic carbocycles. The zero-order chi connectivity index (χ0) is 22.6. The average Bonchev–Trinajstić information content (AvgIpc) is 2.71. The molecule has 0 bridgehead atoms. The van der Waals surface area contributed by atoms with Crippen LogP contribution < -0.4 is 20.7 Å². The molecular weight excluding hydrogens is 411 g/mol. The maximum Gasteiger partial charge on any atom is 0.422 e. The highest BCUT2D eigenvalue weighted by molar-refractivity contribution is 6.12. The fourth-order valence-corrected chi connectivity index (χ4v) is 3.55. The number of alkyl halides is 3. The number of carbonyl (C=O) groups excluding carboxylic acids is 1. The summed E-state index contributed by atoms with van der Waals surface area (Å²) in [6.07, 6.45) is -2.15. The zero-order valence-corrected chi connectivity index (χ0v) is 17.4. The lowest BCUT2D eigenvalue weighted by Crippen LogP contribution is -2.51. The van der Waals surface area contributed by atoms with E-state index in [1.807, 2.05) is 4.90 Å². The molecule has 3 heterocycles. The van der Waals surface area contributed by atoms with Crippen molar-refractivity contribution in [3.63, 3.8) is 0 Å². The first-order valence-corrected chi connectivity index (χ1v) is 10.1. The molecule has 2 aromatic rings. The Morgan fingerprint density at radius 3 is 2.81 bits per heavy atom. The lowest BCUT2D eigenvalue weighted by atomic mass is 10.0. The number of hydrogen-bond acceptors (Lipinski definition) is 7. The second kappa shape index (κ2) is 9.51. The quantitative estimate of drug-likeness (QED) is 0.643. The van der Waals surface area contributed by atoms with Crippen LogP contribution >= 0.6 is 0 Å². The normalized spacial score (nSPS) is 17.1. The van der Waals surface area contributed by atoms with Crippen molar-refractivity contribution in [2.24, 2.45) is 5.92 Å². The van der Waals surface area contributed by atoms with Gasteiger partial charge < -0.3 is 20.7 Å². The van der Waals surface area contributed by atoms with Gasteiger partial charge in [0.25, 0.3) is 0 Å². The van der Waals surface area contributed by atoms with E-state index in [0.29, 0.717) is 24.8 Å². The van der Waals surface area contributed by atoms with Crippen molar-refractivity contribution in [2.45, 2.75) is 32.5 Å². The molecule has 3 N–H and O–H groups in total. The monoisotopic (exact) mass is 437 g/mol. The predicted molar refractivity (Wildman–Crippen MR) is 111 cm³/mol. The van der Waals surface area contributed by atoms with Crippen molar-refractivity contribution in [1.29, 1.82) is 0 Å². The van der Waals surface area contributed by atoms with Crippen LogP contribution in [0, 0.1) is 5.92 Å². The maximum atomic E-state index is 13.1. The number of pyridine rings is 2. The molecule has 1 saturated heterocycles. The zero-order valence-electron chi connectivity index (χ0n) is 17.4. The number of anilines is 2. The van der Waals surface area contributed by atoms with E-state index in [1.54, 1.807) is 6.07 Å². The Morgan fingerprint density at radius 2 is 2.13 bits per heavy atom. The number of piperazine rings is 1. The van der Waals surface area contributed by atoms with E-state index in [9.17, 15) is 18.0 Å². The molecule has 1 atom stereocenters. The highest BCUT2D eigenvalue weighted by Crippen LogP contribution is 2.28. The summed E-state index contributed by atoms with van der Waals surface area (Å²) in [7, 11) is 0. The largest absolute Gasteiger partial charge is 0.482 e. The SMILES string of the molecule is CC(C)C[C@H]1CN(c2ccc(OCC(F)(F)F)c(C(=O)c3cccnc3N)n2)CCN1. The average molecular weight is 437 g/mol. The van der Waals surface area contributed by atoms with Crippen molar-refractivity contribution in [3.05, 3.63) is 41.7 Å². The van der Waals surface area contributed by atoms with Gasteiger partial charge in [-0.1, -0.05) is 13.8 Å². The number of ether oxygens (including phenoxy) is 1. The smallest absolute Gasteiger partial charge is 0.422 e. The molecule has 0 radical (unpaired) electrons. The van der Waals surface area contributed by atoms with Crippen LogP contribution in [-0.2, 0) is 0 Å². The van der Waals surface area contributed by atoms with Gasteiger partial charge in [-0.05, 0) is 36.6 Å². The molecular formula is C21H26F3N5O2. The number of nitrogen functional groups attached to an aromatic ring is 1. The highest BCUT2D eigenvalue weighted by atomic mass is 19.4. The van der Waals surface area contributed by atoms with E-state index in [2.05, 4.69) is 29.1 Å². The van der Waals surface area contributed by atoms with Gasteiger partial charge in [0.1, 0.15) is 17.4 Å². The van der Waals surface area contributed by atoms with Crippen LogP contribution in [0.3, 0.4) is 0 Å². The molecule has 0 spiro atoms. The van der Waals surface area contributed by atoms with Crippen LogP contribution in [0.1, 0.15) is 36.3 Å². The van der Waals surface area contributed by atoms with Gasteiger partial charge in [-0.15, -0.1) is 0 Å². The third-order valence-corrected chi connectivity index (χ3v) is 4.87. The summed E-state index contributed by atoms with van der Waals surface area (Å²) < 4.78 is 43.0. The van der Waals surface area contributed by atoms with Crippen LogP contribution in [0.2, 0.25) is 0 Å². The Kier molecular flexibility index (Phi) is 6.99. The van der Waals surface area contributed by atoms with Crippen molar-refractivity contribution in [2.75, 3.05) is 36.9 Å². The number of nitrogens with two attached hydrogens (primary N) is 1. The Hall–Kier alpha value is -2.88. The number of nitrogens with zero attached hydrogens (tertiary/aromatic N) is 3. The van der Waals surface area contributed by atoms with E-state index in [0.717, 1.165) is 13.0 Å². The number of rotatable bonds is 7. The van der Waals surface area contributed by atoms with E-state index < -0.39 is 18.6 Å². The van der Waals surface area contributed by atoms with Gasteiger partial charge in [-0.25, -0.2) is 9.97 Å². The van der Waals surface area contributed by atoms with Gasteiger partial charge in [0.15, 0.2) is 12.3 Å². The van der Waals surface area contributed by atoms with Crippen LogP contribution in [0.4, 0.5) is 24.8 Å². The Bertz CT molecular complexity index is 920. The van der Waals surface area contributed by atoms with Crippen LogP contribution in [0.15, 0.2) is 30.5 Å². The minimum atomic E-state index is -4.55. The standard InChI is InChI=1S/C21H26F3N5O2/c1-13(2)10-14-11-29(9-8-26-14)17-6-5-16(31-12-21(22,23)24)18(28-17)19(30)15-4-3-7-27-20(15)25/h3-7,13-14,26H,8-12H2,1-2H3,(H2,25,27)/t14-/m0/s1. The fraction of sp³-hybridized carbons (Fsp3) is 0.476. The van der Waals surface area contributed by atoms with Crippen molar-refractivity contribution < 1.29 is 22.7 Å². The number of halogens is 3. The first-order chi connectivity index (χ1) is 14.6. The van der Waals surface area contributed by atoms with E-state index in [4.69, 9.17) is 10.5 Å². The van der Waals surface area contributed by atoms with E-state index >= 15 is 0 Å². The minimum Gasteiger partial charge on any atom is -0.482 e. The summed E-state index contributed by atoms with van der Waals surface area (Å²) in [4.78, 5) is 23.4. The van der Waals surface area contributed by atoms with Gasteiger partial charge in [-0.3, -0.25) is 4.79 Å². The van der Waals surface area contributed by atoms with Crippen molar-refractivity contribution in [1.82, 2.24) is 15.3 Å². The molecule has 0 saturated carbocycles. The summed E-state index contributed by atoms with van der Waals surface area (Å²) in [5, 5.41) is 3.46. The van der Waals surface area contributed by atoms with Crippen molar-refractivity contribution >= 4 is 17.4 Å². The summed E-state index contributed by atoms with van der Waals surface area (Å²) in [5.41, 5.74) is 5.63. The second-order valence-corrected chi connectivity index (χ2v) is 7.91. The Balaban J connectivity index is 1.93. The molecule has 31 heavy (non-hydrogen) atoms. The van der Waals surface area contributed by atoms with Gasteiger partial charge in [0.2, 0.25) is 5.78 Å². The second-order valence-electron chi connectivity index (χ2n) is 7.91. The Morgan fingerprint density at radius 1 is 1.35 bits per heavy atom. The van der Waals surface area contributed by atoms with E-state index in [1.165, 1.54) is 24.4 Å². The number of carbonyl (C=O) groups is 1. The maximum absolute atomic E-state index is 13.1. The van der Waals surface area contributed by atoms with Gasteiger partial charge in [0, 0.05) is 31.9 Å². The first-order valence-electron chi connectivity index (χ1n) is 10.1. The summed E-state index contributed by atoms with van der Waals surface area (Å²) >= 11 is 0. The van der Waals surface area contributed by atoms with Gasteiger partial charge in [-0.2, -0.15) is 13.2 Å². The number of ketones is 1. The highest BCUT2D eigenvalue weighted by Gasteiger charge is 2.30. The molecule has 10 heteroatoms. The molecule has 0 amide bonds. The fourth-order valence-electron chi connectivity index (χ4n) is 3.55. The molecule has 168 valence electrons. The van der Waals surface area contributed by atoms with Gasteiger partial charge >= 0.3 is 6.18 Å². The molecule has 2 aromatic heterocycles. The van der Waals surface area contributed by atoms with E-state index in [-0.39, 0.29) is 28.9 Å². The number of nitrogens with one attached hydrogen (secondary N) is 1. The third kappa shape index (κ3) is 6.06. The molecule has 1 aliphatic heterocycles. The summed E-state index contributed by atoms with van der Waals surface area (Å²) in [6.45, 7) is 4.83. The molecule has 7 nitrogen and oxygen atoms in total. The molecule has 0 aromatic carbocycles. The molecule has 1 aliphatic rings.